The van der Waals surface area contributed by atoms with Crippen molar-refractivity contribution < 1.29 is 10.0 Å². The minimum absolute atomic E-state index is 0.156. The first-order valence-corrected chi connectivity index (χ1v) is 4.92. The predicted octanol–water partition coefficient (Wildman–Crippen LogP) is 2.19. The van der Waals surface area contributed by atoms with Gasteiger partial charge in [-0.05, 0) is 44.4 Å². The van der Waals surface area contributed by atoms with Crippen molar-refractivity contribution in [1.82, 2.24) is 0 Å². The van der Waals surface area contributed by atoms with E-state index >= 15 is 0 Å². The summed E-state index contributed by atoms with van der Waals surface area (Å²) >= 11 is 0. The van der Waals surface area contributed by atoms with E-state index in [1.165, 1.54) is 0 Å². The number of hydrogen-bond acceptors (Lipinski definition) is 3. The molecule has 1 fully saturated rings. The van der Waals surface area contributed by atoms with Gasteiger partial charge in [0.05, 0.1) is 10.5 Å². The van der Waals surface area contributed by atoms with Gasteiger partial charge in [0.25, 0.3) is 5.69 Å². The third-order valence-corrected chi connectivity index (χ3v) is 2.93. The molecule has 0 saturated heterocycles. The lowest BCUT2D eigenvalue weighted by atomic mass is 10.00. The van der Waals surface area contributed by atoms with Gasteiger partial charge in [-0.15, -0.1) is 0 Å². The zero-order valence-corrected chi connectivity index (χ0v) is 8.78. The Labute approximate surface area is 87.7 Å². The SMILES string of the molecule is Cc1cc(C2(O)CC2)cc(C)c1[N+](=O)[O-]. The van der Waals surface area contributed by atoms with E-state index in [-0.39, 0.29) is 10.6 Å². The first-order valence-electron chi connectivity index (χ1n) is 4.92. The molecule has 4 nitrogen and oxygen atoms in total. The van der Waals surface area contributed by atoms with Crippen LogP contribution >= 0.6 is 0 Å². The van der Waals surface area contributed by atoms with Crippen LogP contribution in [-0.4, -0.2) is 10.0 Å². The van der Waals surface area contributed by atoms with Gasteiger partial charge in [0.15, 0.2) is 0 Å². The number of rotatable bonds is 2. The molecule has 2 rings (SSSR count). The van der Waals surface area contributed by atoms with Crippen LogP contribution in [0.25, 0.3) is 0 Å². The standard InChI is InChI=1S/C11H13NO3/c1-7-5-9(11(13)3-4-11)6-8(2)10(7)12(14)15/h5-6,13H,3-4H2,1-2H3. The van der Waals surface area contributed by atoms with E-state index in [2.05, 4.69) is 0 Å². The van der Waals surface area contributed by atoms with E-state index in [1.54, 1.807) is 26.0 Å². The lowest BCUT2D eigenvalue weighted by molar-refractivity contribution is -0.386. The molecule has 15 heavy (non-hydrogen) atoms. The van der Waals surface area contributed by atoms with Crippen molar-refractivity contribution in [3.63, 3.8) is 0 Å². The quantitative estimate of drug-likeness (QED) is 0.597. The summed E-state index contributed by atoms with van der Waals surface area (Å²) in [4.78, 5) is 10.4. The van der Waals surface area contributed by atoms with Crippen LogP contribution in [-0.2, 0) is 5.60 Å². The van der Waals surface area contributed by atoms with Crippen molar-refractivity contribution in [3.8, 4) is 0 Å². The third-order valence-electron chi connectivity index (χ3n) is 2.93. The summed E-state index contributed by atoms with van der Waals surface area (Å²) in [6.07, 6.45) is 1.51. The molecule has 0 bridgehead atoms. The summed E-state index contributed by atoms with van der Waals surface area (Å²) in [5, 5.41) is 20.7. The number of aliphatic hydroxyl groups is 1. The summed E-state index contributed by atoms with van der Waals surface area (Å²) < 4.78 is 0. The Kier molecular flexibility index (Phi) is 2.04. The number of nitro groups is 1. The zero-order chi connectivity index (χ0) is 11.2. The van der Waals surface area contributed by atoms with Crippen LogP contribution in [0.1, 0.15) is 29.5 Å². The van der Waals surface area contributed by atoms with Crippen molar-refractivity contribution in [1.29, 1.82) is 0 Å². The normalized spacial score (nSPS) is 17.5. The van der Waals surface area contributed by atoms with Gasteiger partial charge in [0, 0.05) is 11.1 Å². The largest absolute Gasteiger partial charge is 0.385 e. The summed E-state index contributed by atoms with van der Waals surface area (Å²) in [6, 6.07) is 3.44. The Hall–Kier alpha value is -1.42. The second-order valence-electron chi connectivity index (χ2n) is 4.25. The molecule has 0 aliphatic heterocycles. The van der Waals surface area contributed by atoms with Gasteiger partial charge in [-0.1, -0.05) is 0 Å². The van der Waals surface area contributed by atoms with Crippen LogP contribution in [0, 0.1) is 24.0 Å². The number of nitro benzene ring substituents is 1. The van der Waals surface area contributed by atoms with Gasteiger partial charge in [-0.3, -0.25) is 10.1 Å². The highest BCUT2D eigenvalue weighted by molar-refractivity contribution is 5.50. The van der Waals surface area contributed by atoms with E-state index in [0.717, 1.165) is 18.4 Å². The third kappa shape index (κ3) is 1.61. The Morgan fingerprint density at radius 3 is 2.13 bits per heavy atom. The van der Waals surface area contributed by atoms with Crippen LogP contribution in [0.15, 0.2) is 12.1 Å². The Bertz CT molecular complexity index is 412. The molecule has 1 N–H and O–H groups in total. The molecule has 0 unspecified atom stereocenters. The molecular weight excluding hydrogens is 194 g/mol. The Morgan fingerprint density at radius 1 is 1.33 bits per heavy atom. The van der Waals surface area contributed by atoms with Crippen molar-refractivity contribution in [3.05, 3.63) is 38.9 Å². The van der Waals surface area contributed by atoms with Gasteiger partial charge in [0.2, 0.25) is 0 Å². The smallest absolute Gasteiger partial charge is 0.275 e. The molecule has 1 saturated carbocycles. The average molecular weight is 207 g/mol. The number of hydrogen-bond donors (Lipinski definition) is 1. The zero-order valence-electron chi connectivity index (χ0n) is 8.78. The summed E-state index contributed by atoms with van der Waals surface area (Å²) in [6.45, 7) is 3.42. The van der Waals surface area contributed by atoms with Gasteiger partial charge in [-0.25, -0.2) is 0 Å². The van der Waals surface area contributed by atoms with Gasteiger partial charge >= 0.3 is 0 Å². The fourth-order valence-electron chi connectivity index (χ4n) is 1.92. The molecule has 1 aliphatic carbocycles. The molecule has 0 radical (unpaired) electrons. The molecule has 0 aromatic heterocycles. The van der Waals surface area contributed by atoms with Crippen molar-refractivity contribution >= 4 is 5.69 Å². The topological polar surface area (TPSA) is 63.4 Å². The second-order valence-corrected chi connectivity index (χ2v) is 4.25. The van der Waals surface area contributed by atoms with Gasteiger partial charge in [-0.2, -0.15) is 0 Å². The fourth-order valence-corrected chi connectivity index (χ4v) is 1.92. The van der Waals surface area contributed by atoms with E-state index in [4.69, 9.17) is 0 Å². The molecule has 0 atom stereocenters. The van der Waals surface area contributed by atoms with Crippen LogP contribution < -0.4 is 0 Å². The maximum Gasteiger partial charge on any atom is 0.275 e. The minimum atomic E-state index is -0.718. The molecule has 0 amide bonds. The highest BCUT2D eigenvalue weighted by Crippen LogP contribution is 2.46. The van der Waals surface area contributed by atoms with Gasteiger partial charge in [0.1, 0.15) is 0 Å². The predicted molar refractivity (Wildman–Crippen MR) is 55.7 cm³/mol. The molecule has 80 valence electrons. The van der Waals surface area contributed by atoms with Crippen LogP contribution in [0.3, 0.4) is 0 Å². The summed E-state index contributed by atoms with van der Waals surface area (Å²) in [5.74, 6) is 0. The number of nitrogens with zero attached hydrogens (tertiary/aromatic N) is 1. The Balaban J connectivity index is 2.52. The first-order chi connectivity index (χ1) is 6.94. The molecule has 0 spiro atoms. The van der Waals surface area contributed by atoms with E-state index in [9.17, 15) is 15.2 Å². The lowest BCUT2D eigenvalue weighted by Crippen LogP contribution is -2.06. The van der Waals surface area contributed by atoms with Crippen LogP contribution in [0.5, 0.6) is 0 Å². The molecule has 1 aliphatic rings. The van der Waals surface area contributed by atoms with E-state index in [0.29, 0.717) is 11.1 Å². The van der Waals surface area contributed by atoms with Crippen LogP contribution in [0.2, 0.25) is 0 Å². The monoisotopic (exact) mass is 207 g/mol. The van der Waals surface area contributed by atoms with Crippen molar-refractivity contribution in [2.45, 2.75) is 32.3 Å². The average Bonchev–Trinajstić information content (AvgIpc) is 2.82. The van der Waals surface area contributed by atoms with Crippen LogP contribution in [0.4, 0.5) is 5.69 Å². The van der Waals surface area contributed by atoms with E-state index in [1.807, 2.05) is 0 Å². The molecule has 1 aromatic carbocycles. The van der Waals surface area contributed by atoms with Gasteiger partial charge < -0.3 is 5.11 Å². The lowest BCUT2D eigenvalue weighted by Gasteiger charge is -2.10. The fraction of sp³-hybridized carbons (Fsp3) is 0.455. The first kappa shape index (κ1) is 10.1. The molecular formula is C11H13NO3. The van der Waals surface area contributed by atoms with Crippen molar-refractivity contribution in [2.24, 2.45) is 0 Å². The maximum absolute atomic E-state index is 10.8. The highest BCUT2D eigenvalue weighted by atomic mass is 16.6. The molecule has 0 heterocycles. The Morgan fingerprint density at radius 2 is 1.80 bits per heavy atom. The molecule has 1 aromatic rings. The second kappa shape index (κ2) is 3.03. The van der Waals surface area contributed by atoms with Crippen molar-refractivity contribution in [2.75, 3.05) is 0 Å². The highest BCUT2D eigenvalue weighted by Gasteiger charge is 2.42. The number of benzene rings is 1. The number of aryl methyl sites for hydroxylation is 2. The maximum atomic E-state index is 10.8. The van der Waals surface area contributed by atoms with E-state index < -0.39 is 5.60 Å². The molecule has 4 heteroatoms. The minimum Gasteiger partial charge on any atom is -0.385 e. The summed E-state index contributed by atoms with van der Waals surface area (Å²) in [7, 11) is 0. The summed E-state index contributed by atoms with van der Waals surface area (Å²) in [5.41, 5.74) is 1.49.